The highest BCUT2D eigenvalue weighted by Gasteiger charge is 2.34. The topological polar surface area (TPSA) is 58.2 Å². The van der Waals surface area contributed by atoms with Crippen LogP contribution in [-0.2, 0) is 11.2 Å². The van der Waals surface area contributed by atoms with E-state index in [4.69, 9.17) is 4.74 Å². The minimum absolute atomic E-state index is 0.120. The zero-order valence-electron chi connectivity index (χ0n) is 15.4. The summed E-state index contributed by atoms with van der Waals surface area (Å²) < 4.78 is 5.92. The number of benzene rings is 1. The molecule has 5 nitrogen and oxygen atoms in total. The molecule has 1 aliphatic heterocycles. The Balaban J connectivity index is 1.34. The van der Waals surface area contributed by atoms with E-state index in [1.165, 1.54) is 5.56 Å². The Hall–Kier alpha value is -2.14. The molecule has 1 saturated carbocycles. The number of hydrogen-bond acceptors (Lipinski definition) is 3. The average molecular weight is 353 g/mol. The maximum absolute atomic E-state index is 13.1. The van der Waals surface area contributed by atoms with Gasteiger partial charge in [0.2, 0.25) is 0 Å². The molecule has 0 radical (unpaired) electrons. The number of hydrogen-bond donors (Lipinski definition) is 1. The summed E-state index contributed by atoms with van der Waals surface area (Å²) in [5.74, 6) is 0.594. The molecule has 2 aliphatic rings. The Bertz CT molecular complexity index is 752. The molecule has 2 aromatic rings. The van der Waals surface area contributed by atoms with E-state index in [1.807, 2.05) is 17.9 Å². The van der Waals surface area contributed by atoms with Crippen LogP contribution in [0.25, 0.3) is 0 Å². The maximum atomic E-state index is 13.1. The standard InChI is InChI=1S/C21H27N3O2/c1-15-19(20(23-22-15)17-10-11-17)21(25)24-12-13-26-18(14-24)9-5-8-16-6-3-2-4-7-16/h2-4,6-7,17-18H,5,8-14H2,1H3,(H,22,23). The predicted octanol–water partition coefficient (Wildman–Crippen LogP) is 3.46. The number of nitrogens with one attached hydrogen (secondary N) is 1. The molecule has 1 unspecified atom stereocenters. The summed E-state index contributed by atoms with van der Waals surface area (Å²) in [4.78, 5) is 15.0. The van der Waals surface area contributed by atoms with E-state index >= 15 is 0 Å². The van der Waals surface area contributed by atoms with Crippen LogP contribution in [0, 0.1) is 6.92 Å². The van der Waals surface area contributed by atoms with E-state index in [0.29, 0.717) is 25.6 Å². The van der Waals surface area contributed by atoms with Crippen LogP contribution in [0.1, 0.15) is 58.9 Å². The molecule has 1 N–H and O–H groups in total. The number of aromatic amines is 1. The molecule has 0 bridgehead atoms. The lowest BCUT2D eigenvalue weighted by Crippen LogP contribution is -2.46. The zero-order chi connectivity index (χ0) is 17.9. The number of aryl methyl sites for hydroxylation is 2. The van der Waals surface area contributed by atoms with Gasteiger partial charge in [-0.3, -0.25) is 9.89 Å². The highest BCUT2D eigenvalue weighted by molar-refractivity contribution is 5.96. The Morgan fingerprint density at radius 1 is 1.31 bits per heavy atom. The van der Waals surface area contributed by atoms with Crippen LogP contribution in [0.15, 0.2) is 30.3 Å². The second-order valence-electron chi connectivity index (χ2n) is 7.50. The molecule has 26 heavy (non-hydrogen) atoms. The summed E-state index contributed by atoms with van der Waals surface area (Å²) in [6, 6.07) is 10.5. The number of amides is 1. The van der Waals surface area contributed by atoms with Crippen LogP contribution in [-0.4, -0.2) is 46.8 Å². The van der Waals surface area contributed by atoms with Crippen molar-refractivity contribution < 1.29 is 9.53 Å². The molecular formula is C21H27N3O2. The van der Waals surface area contributed by atoms with Crippen LogP contribution >= 0.6 is 0 Å². The lowest BCUT2D eigenvalue weighted by Gasteiger charge is -2.33. The molecule has 1 atom stereocenters. The lowest BCUT2D eigenvalue weighted by atomic mass is 10.0. The predicted molar refractivity (Wildman–Crippen MR) is 100 cm³/mol. The van der Waals surface area contributed by atoms with Crippen molar-refractivity contribution in [2.45, 2.75) is 51.0 Å². The van der Waals surface area contributed by atoms with Gasteiger partial charge in [0.05, 0.1) is 24.0 Å². The van der Waals surface area contributed by atoms with Gasteiger partial charge in [-0.05, 0) is 44.6 Å². The van der Waals surface area contributed by atoms with Crippen molar-refractivity contribution in [1.29, 1.82) is 0 Å². The van der Waals surface area contributed by atoms with Gasteiger partial charge in [-0.15, -0.1) is 0 Å². The fraction of sp³-hybridized carbons (Fsp3) is 0.524. The highest BCUT2D eigenvalue weighted by atomic mass is 16.5. The van der Waals surface area contributed by atoms with Gasteiger partial charge in [0.1, 0.15) is 0 Å². The summed E-state index contributed by atoms with van der Waals surface area (Å²) in [6.45, 7) is 3.92. The van der Waals surface area contributed by atoms with Crippen molar-refractivity contribution in [3.05, 3.63) is 52.8 Å². The molecule has 138 valence electrons. The Morgan fingerprint density at radius 3 is 2.88 bits per heavy atom. The monoisotopic (exact) mass is 353 g/mol. The summed E-state index contributed by atoms with van der Waals surface area (Å²) in [5.41, 5.74) is 4.03. The van der Waals surface area contributed by atoms with E-state index in [2.05, 4.69) is 34.5 Å². The Morgan fingerprint density at radius 2 is 2.12 bits per heavy atom. The molecule has 1 amide bonds. The van der Waals surface area contributed by atoms with Crippen molar-refractivity contribution in [2.75, 3.05) is 19.7 Å². The summed E-state index contributed by atoms with van der Waals surface area (Å²) in [5, 5.41) is 7.41. The molecule has 1 aromatic heterocycles. The number of ether oxygens (including phenoxy) is 1. The number of nitrogens with zero attached hydrogens (tertiary/aromatic N) is 2. The smallest absolute Gasteiger partial charge is 0.257 e. The molecule has 2 heterocycles. The molecule has 5 heteroatoms. The van der Waals surface area contributed by atoms with Crippen LogP contribution in [0.2, 0.25) is 0 Å². The quantitative estimate of drug-likeness (QED) is 0.865. The normalized spacial score (nSPS) is 20.3. The van der Waals surface area contributed by atoms with Crippen LogP contribution in [0.4, 0.5) is 0 Å². The molecule has 1 aliphatic carbocycles. The van der Waals surface area contributed by atoms with Crippen molar-refractivity contribution in [3.8, 4) is 0 Å². The van der Waals surface area contributed by atoms with Crippen LogP contribution < -0.4 is 0 Å². The maximum Gasteiger partial charge on any atom is 0.257 e. The third-order valence-electron chi connectivity index (χ3n) is 5.41. The number of H-pyrrole nitrogens is 1. The summed E-state index contributed by atoms with van der Waals surface area (Å²) in [6.07, 6.45) is 5.55. The first-order chi connectivity index (χ1) is 12.7. The number of morpholine rings is 1. The van der Waals surface area contributed by atoms with Gasteiger partial charge in [-0.25, -0.2) is 0 Å². The van der Waals surface area contributed by atoms with Gasteiger partial charge in [0, 0.05) is 24.7 Å². The van der Waals surface area contributed by atoms with Gasteiger partial charge >= 0.3 is 0 Å². The lowest BCUT2D eigenvalue weighted by molar-refractivity contribution is -0.0255. The van der Waals surface area contributed by atoms with Gasteiger partial charge in [0.15, 0.2) is 0 Å². The zero-order valence-corrected chi connectivity index (χ0v) is 15.4. The van der Waals surface area contributed by atoms with E-state index in [9.17, 15) is 4.79 Å². The minimum Gasteiger partial charge on any atom is -0.375 e. The number of carbonyl (C=O) groups excluding carboxylic acids is 1. The van der Waals surface area contributed by atoms with E-state index in [1.54, 1.807) is 0 Å². The fourth-order valence-corrected chi connectivity index (χ4v) is 3.79. The Labute approximate surface area is 154 Å². The van der Waals surface area contributed by atoms with Gasteiger partial charge in [0.25, 0.3) is 5.91 Å². The fourth-order valence-electron chi connectivity index (χ4n) is 3.79. The minimum atomic E-state index is 0.120. The van der Waals surface area contributed by atoms with Gasteiger partial charge in [-0.2, -0.15) is 5.10 Å². The van der Waals surface area contributed by atoms with E-state index in [-0.39, 0.29) is 12.0 Å². The van der Waals surface area contributed by atoms with Crippen molar-refractivity contribution in [2.24, 2.45) is 0 Å². The first-order valence-corrected chi connectivity index (χ1v) is 9.72. The van der Waals surface area contributed by atoms with Crippen molar-refractivity contribution in [3.63, 3.8) is 0 Å². The highest BCUT2D eigenvalue weighted by Crippen LogP contribution is 2.41. The summed E-state index contributed by atoms with van der Waals surface area (Å²) in [7, 11) is 0. The first kappa shape index (κ1) is 17.3. The van der Waals surface area contributed by atoms with E-state index in [0.717, 1.165) is 49.1 Å². The SMILES string of the molecule is Cc1[nH]nc(C2CC2)c1C(=O)N1CCOC(CCCc2ccccc2)C1. The number of aromatic nitrogens is 2. The molecule has 1 saturated heterocycles. The van der Waals surface area contributed by atoms with Gasteiger partial charge < -0.3 is 9.64 Å². The first-order valence-electron chi connectivity index (χ1n) is 9.72. The molecule has 4 rings (SSSR count). The van der Waals surface area contributed by atoms with Crippen LogP contribution in [0.3, 0.4) is 0 Å². The van der Waals surface area contributed by atoms with E-state index < -0.39 is 0 Å². The van der Waals surface area contributed by atoms with Crippen molar-refractivity contribution in [1.82, 2.24) is 15.1 Å². The van der Waals surface area contributed by atoms with Gasteiger partial charge in [-0.1, -0.05) is 30.3 Å². The Kier molecular flexibility index (Phi) is 5.07. The molecule has 2 fully saturated rings. The number of carbonyl (C=O) groups is 1. The molecule has 1 aromatic carbocycles. The third kappa shape index (κ3) is 3.83. The molecule has 0 spiro atoms. The average Bonchev–Trinajstić information content (AvgIpc) is 3.44. The third-order valence-corrected chi connectivity index (χ3v) is 5.41. The molecular weight excluding hydrogens is 326 g/mol. The summed E-state index contributed by atoms with van der Waals surface area (Å²) >= 11 is 0. The second-order valence-corrected chi connectivity index (χ2v) is 7.50. The van der Waals surface area contributed by atoms with Crippen molar-refractivity contribution >= 4 is 5.91 Å². The number of rotatable bonds is 6. The second kappa shape index (κ2) is 7.62. The largest absolute Gasteiger partial charge is 0.375 e. The van der Waals surface area contributed by atoms with Crippen LogP contribution in [0.5, 0.6) is 0 Å².